The van der Waals surface area contributed by atoms with E-state index in [2.05, 4.69) is 10.3 Å². The van der Waals surface area contributed by atoms with E-state index in [-0.39, 0.29) is 30.8 Å². The minimum absolute atomic E-state index is 0.0820. The van der Waals surface area contributed by atoms with Gasteiger partial charge in [0.15, 0.2) is 5.69 Å². The summed E-state index contributed by atoms with van der Waals surface area (Å²) in [6, 6.07) is 7.30. The highest BCUT2D eigenvalue weighted by molar-refractivity contribution is 5.92. The zero-order valence-electron chi connectivity index (χ0n) is 17.7. The molecule has 1 aromatic heterocycles. The molecule has 1 aromatic carbocycles. The van der Waals surface area contributed by atoms with Gasteiger partial charge in [0.05, 0.1) is 32.4 Å². The van der Waals surface area contributed by atoms with Gasteiger partial charge in [0.25, 0.3) is 5.91 Å². The van der Waals surface area contributed by atoms with Crippen molar-refractivity contribution >= 4 is 11.8 Å². The molecule has 9 heteroatoms. The molecule has 166 valence electrons. The molecule has 0 spiro atoms. The van der Waals surface area contributed by atoms with Crippen molar-refractivity contribution in [2.45, 2.75) is 50.9 Å². The van der Waals surface area contributed by atoms with Crippen LogP contribution in [0.5, 0.6) is 5.75 Å². The van der Waals surface area contributed by atoms with E-state index in [1.165, 1.54) is 0 Å². The zero-order chi connectivity index (χ0) is 21.8. The molecular weight excluding hydrogens is 401 g/mol. The van der Waals surface area contributed by atoms with E-state index in [1.54, 1.807) is 27.8 Å². The number of methoxy groups -OCH3 is 1. The van der Waals surface area contributed by atoms with Crippen LogP contribution in [0.15, 0.2) is 30.5 Å². The van der Waals surface area contributed by atoms with Crippen LogP contribution in [-0.4, -0.2) is 75.6 Å². The zero-order valence-corrected chi connectivity index (χ0v) is 17.7. The number of rotatable bonds is 7. The first-order chi connectivity index (χ1) is 15.0. The number of hydrogen-bond donors (Lipinski definition) is 0. The Morgan fingerprint density at radius 2 is 2.06 bits per heavy atom. The van der Waals surface area contributed by atoms with Crippen molar-refractivity contribution in [1.82, 2.24) is 24.8 Å². The molecule has 2 saturated heterocycles. The van der Waals surface area contributed by atoms with Crippen molar-refractivity contribution in [3.05, 3.63) is 41.7 Å². The predicted molar refractivity (Wildman–Crippen MR) is 111 cm³/mol. The standard InChI is InChI=1S/C22H28FN5O3/c1-31-19-6-4-5-16(11-19)7-8-21(29)28-13-17(23)12-18(28)14-27-15-20(24-25-27)22(30)26-9-2-3-10-26/h4-6,11,15,17-18H,2-3,7-10,12-14H2,1H3. The van der Waals surface area contributed by atoms with Crippen molar-refractivity contribution in [3.63, 3.8) is 0 Å². The maximum absolute atomic E-state index is 14.2. The second-order valence-electron chi connectivity index (χ2n) is 8.21. The molecule has 3 heterocycles. The Bertz CT molecular complexity index is 927. The second kappa shape index (κ2) is 9.45. The summed E-state index contributed by atoms with van der Waals surface area (Å²) in [7, 11) is 1.61. The van der Waals surface area contributed by atoms with Crippen molar-refractivity contribution < 1.29 is 18.7 Å². The number of nitrogens with zero attached hydrogens (tertiary/aromatic N) is 5. The van der Waals surface area contributed by atoms with Gasteiger partial charge in [-0.15, -0.1) is 5.10 Å². The van der Waals surface area contributed by atoms with Crippen LogP contribution in [-0.2, 0) is 17.8 Å². The number of aromatic nitrogens is 3. The summed E-state index contributed by atoms with van der Waals surface area (Å²) in [4.78, 5) is 28.7. The minimum atomic E-state index is -1.06. The monoisotopic (exact) mass is 429 g/mol. The fraction of sp³-hybridized carbons (Fsp3) is 0.545. The van der Waals surface area contributed by atoms with Crippen LogP contribution in [0, 0.1) is 0 Å². The molecule has 4 rings (SSSR count). The van der Waals surface area contributed by atoms with Gasteiger partial charge in [-0.2, -0.15) is 0 Å². The average Bonchev–Trinajstić information content (AvgIpc) is 3.53. The van der Waals surface area contributed by atoms with Crippen molar-refractivity contribution in [2.24, 2.45) is 0 Å². The molecule has 2 aliphatic rings. The van der Waals surface area contributed by atoms with E-state index >= 15 is 0 Å². The number of likely N-dealkylation sites (tertiary alicyclic amines) is 2. The van der Waals surface area contributed by atoms with Crippen molar-refractivity contribution in [2.75, 3.05) is 26.7 Å². The molecule has 2 aromatic rings. The maximum Gasteiger partial charge on any atom is 0.276 e. The molecule has 2 fully saturated rings. The van der Waals surface area contributed by atoms with Gasteiger partial charge in [0.2, 0.25) is 5.91 Å². The highest BCUT2D eigenvalue weighted by Crippen LogP contribution is 2.24. The lowest BCUT2D eigenvalue weighted by molar-refractivity contribution is -0.132. The number of amides is 2. The molecule has 8 nitrogen and oxygen atoms in total. The quantitative estimate of drug-likeness (QED) is 0.673. The third kappa shape index (κ3) is 5.03. The molecule has 2 amide bonds. The Morgan fingerprint density at radius 1 is 1.26 bits per heavy atom. The van der Waals surface area contributed by atoms with Crippen LogP contribution in [0.3, 0.4) is 0 Å². The van der Waals surface area contributed by atoms with E-state index in [0.29, 0.717) is 25.1 Å². The number of benzene rings is 1. The number of aryl methyl sites for hydroxylation is 1. The summed E-state index contributed by atoms with van der Waals surface area (Å²) in [5.41, 5.74) is 1.30. The molecule has 2 atom stereocenters. The Hall–Kier alpha value is -2.97. The van der Waals surface area contributed by atoms with E-state index in [1.807, 2.05) is 24.3 Å². The van der Waals surface area contributed by atoms with E-state index in [0.717, 1.165) is 37.2 Å². The van der Waals surface area contributed by atoms with Crippen LogP contribution in [0.1, 0.15) is 41.7 Å². The van der Waals surface area contributed by atoms with E-state index in [9.17, 15) is 14.0 Å². The van der Waals surface area contributed by atoms with Crippen molar-refractivity contribution in [3.8, 4) is 5.75 Å². The van der Waals surface area contributed by atoms with Gasteiger partial charge >= 0.3 is 0 Å². The first-order valence-corrected chi connectivity index (χ1v) is 10.8. The van der Waals surface area contributed by atoms with Gasteiger partial charge in [-0.05, 0) is 37.0 Å². The SMILES string of the molecule is COc1cccc(CCC(=O)N2CC(F)CC2Cn2cc(C(=O)N3CCCC3)nn2)c1. The largest absolute Gasteiger partial charge is 0.497 e. The Morgan fingerprint density at radius 3 is 2.84 bits per heavy atom. The third-order valence-electron chi connectivity index (χ3n) is 5.99. The van der Waals surface area contributed by atoms with Crippen LogP contribution in [0.25, 0.3) is 0 Å². The lowest BCUT2D eigenvalue weighted by Gasteiger charge is -2.24. The van der Waals surface area contributed by atoms with Gasteiger partial charge in [-0.1, -0.05) is 17.3 Å². The topological polar surface area (TPSA) is 80.6 Å². The van der Waals surface area contributed by atoms with E-state index in [4.69, 9.17) is 4.74 Å². The second-order valence-corrected chi connectivity index (χ2v) is 8.21. The first-order valence-electron chi connectivity index (χ1n) is 10.8. The maximum atomic E-state index is 14.2. The Balaban J connectivity index is 1.36. The molecule has 0 saturated carbocycles. The molecule has 2 aliphatic heterocycles. The van der Waals surface area contributed by atoms with Crippen LogP contribution in [0.2, 0.25) is 0 Å². The molecule has 0 N–H and O–H groups in total. The van der Waals surface area contributed by atoms with Gasteiger partial charge in [-0.25, -0.2) is 9.07 Å². The molecule has 31 heavy (non-hydrogen) atoms. The van der Waals surface area contributed by atoms with Crippen LogP contribution in [0.4, 0.5) is 4.39 Å². The molecule has 0 aliphatic carbocycles. The van der Waals surface area contributed by atoms with Crippen molar-refractivity contribution in [1.29, 1.82) is 0 Å². The fourth-order valence-corrected chi connectivity index (χ4v) is 4.34. The lowest BCUT2D eigenvalue weighted by atomic mass is 10.1. The fourth-order valence-electron chi connectivity index (χ4n) is 4.34. The third-order valence-corrected chi connectivity index (χ3v) is 5.99. The van der Waals surface area contributed by atoms with Gasteiger partial charge in [-0.3, -0.25) is 9.59 Å². The highest BCUT2D eigenvalue weighted by Gasteiger charge is 2.35. The van der Waals surface area contributed by atoms with Crippen LogP contribution >= 0.6 is 0 Å². The summed E-state index contributed by atoms with van der Waals surface area (Å²) in [6.45, 7) is 1.91. The number of alkyl halides is 1. The average molecular weight is 429 g/mol. The molecule has 0 radical (unpaired) electrons. The minimum Gasteiger partial charge on any atom is -0.497 e. The number of ether oxygens (including phenoxy) is 1. The summed E-state index contributed by atoms with van der Waals surface area (Å²) in [5, 5.41) is 8.05. The van der Waals surface area contributed by atoms with Gasteiger partial charge < -0.3 is 14.5 Å². The lowest BCUT2D eigenvalue weighted by Crippen LogP contribution is -2.38. The molecular formula is C22H28FN5O3. The Kier molecular flexibility index (Phi) is 6.48. The smallest absolute Gasteiger partial charge is 0.276 e. The van der Waals surface area contributed by atoms with Crippen LogP contribution < -0.4 is 4.74 Å². The summed E-state index contributed by atoms with van der Waals surface area (Å²) in [5.74, 6) is 0.546. The summed E-state index contributed by atoms with van der Waals surface area (Å²) in [6.07, 6.45) is 3.69. The molecule has 0 bridgehead atoms. The summed E-state index contributed by atoms with van der Waals surface area (Å²) >= 11 is 0. The number of halogens is 1. The van der Waals surface area contributed by atoms with Gasteiger partial charge in [0, 0.05) is 25.9 Å². The highest BCUT2D eigenvalue weighted by atomic mass is 19.1. The number of carbonyl (C=O) groups excluding carboxylic acids is 2. The Labute approximate surface area is 181 Å². The predicted octanol–water partition coefficient (Wildman–Crippen LogP) is 2.09. The number of hydrogen-bond acceptors (Lipinski definition) is 5. The summed E-state index contributed by atoms with van der Waals surface area (Å²) < 4.78 is 20.9. The normalized spacial score (nSPS) is 21.0. The number of carbonyl (C=O) groups is 2. The first kappa shape index (κ1) is 21.3. The van der Waals surface area contributed by atoms with Gasteiger partial charge in [0.1, 0.15) is 11.9 Å². The molecule has 2 unspecified atom stereocenters. The van der Waals surface area contributed by atoms with E-state index < -0.39 is 6.17 Å².